The monoisotopic (exact) mass is 476 g/mol. The number of anilines is 1. The Labute approximate surface area is 197 Å². The molecule has 0 atom stereocenters. The van der Waals surface area contributed by atoms with Crippen molar-refractivity contribution in [2.45, 2.75) is 18.7 Å². The fraction of sp³-hybridized carbons (Fsp3) is 0.160. The summed E-state index contributed by atoms with van der Waals surface area (Å²) < 4.78 is 26.8. The number of nitrogens with zero attached hydrogens (tertiary/aromatic N) is 3. The van der Waals surface area contributed by atoms with Gasteiger partial charge in [-0.3, -0.25) is 15.5 Å². The van der Waals surface area contributed by atoms with Crippen LogP contribution in [0, 0.1) is 10.1 Å². The summed E-state index contributed by atoms with van der Waals surface area (Å²) in [5.74, 6) is 0. The minimum Gasteiger partial charge on any atom is -0.272 e. The Kier molecular flexibility index (Phi) is 6.58. The van der Waals surface area contributed by atoms with E-state index in [-0.39, 0.29) is 29.4 Å². The third-order valence-corrected chi connectivity index (χ3v) is 7.75. The maximum absolute atomic E-state index is 12.8. The number of hydrogen-bond acceptors (Lipinski definition) is 6. The van der Waals surface area contributed by atoms with Crippen molar-refractivity contribution < 1.29 is 13.3 Å². The second kappa shape index (κ2) is 9.58. The second-order valence-electron chi connectivity index (χ2n) is 7.63. The third kappa shape index (κ3) is 4.35. The molecular weight excluding hydrogens is 452 g/mol. The molecule has 0 unspecified atom stereocenters. The lowest BCUT2D eigenvalue weighted by Crippen LogP contribution is -2.30. The standard InChI is InChI=1S/C25H24N4O4S/c1-3-28(4-2)34(32,33)20-13-14-24(25(16-20)29(30)31)27-26-17-23-21-11-7-5-9-18(21)15-19-10-6-8-12-22(19)23/h5-17,27H,3-4H2,1-2H3. The molecule has 4 aromatic rings. The molecule has 0 saturated heterocycles. The highest BCUT2D eigenvalue weighted by molar-refractivity contribution is 7.89. The van der Waals surface area contributed by atoms with Crippen molar-refractivity contribution in [3.05, 3.63) is 88.5 Å². The van der Waals surface area contributed by atoms with E-state index in [1.54, 1.807) is 20.1 Å². The summed E-state index contributed by atoms with van der Waals surface area (Å²) in [4.78, 5) is 11.0. The molecule has 0 heterocycles. The number of rotatable bonds is 8. The molecule has 4 rings (SSSR count). The van der Waals surface area contributed by atoms with Crippen LogP contribution < -0.4 is 5.43 Å². The minimum absolute atomic E-state index is 0.101. The van der Waals surface area contributed by atoms with E-state index in [9.17, 15) is 18.5 Å². The molecule has 0 amide bonds. The molecule has 34 heavy (non-hydrogen) atoms. The highest BCUT2D eigenvalue weighted by Crippen LogP contribution is 2.30. The van der Waals surface area contributed by atoms with E-state index in [1.165, 1.54) is 16.4 Å². The van der Waals surface area contributed by atoms with Crippen molar-refractivity contribution in [3.8, 4) is 0 Å². The molecule has 0 aromatic heterocycles. The van der Waals surface area contributed by atoms with Gasteiger partial charge in [0.1, 0.15) is 5.69 Å². The van der Waals surface area contributed by atoms with Crippen LogP contribution in [0.5, 0.6) is 0 Å². The van der Waals surface area contributed by atoms with Gasteiger partial charge >= 0.3 is 0 Å². The summed E-state index contributed by atoms with van der Waals surface area (Å²) in [7, 11) is -3.82. The van der Waals surface area contributed by atoms with Gasteiger partial charge in [0, 0.05) is 24.7 Å². The quantitative estimate of drug-likeness (QED) is 0.159. The first-order valence-electron chi connectivity index (χ1n) is 10.8. The Morgan fingerprint density at radius 1 is 0.941 bits per heavy atom. The van der Waals surface area contributed by atoms with Gasteiger partial charge in [0.2, 0.25) is 10.0 Å². The number of nitrogens with one attached hydrogen (secondary N) is 1. The predicted octanol–water partition coefficient (Wildman–Crippen LogP) is 5.38. The van der Waals surface area contributed by atoms with Crippen LogP contribution in [0.2, 0.25) is 0 Å². The predicted molar refractivity (Wildman–Crippen MR) is 136 cm³/mol. The molecular formula is C25H24N4O4S. The number of nitro groups is 1. The molecule has 0 fully saturated rings. The van der Waals surface area contributed by atoms with Crippen LogP contribution >= 0.6 is 0 Å². The molecule has 0 bridgehead atoms. The van der Waals surface area contributed by atoms with E-state index in [2.05, 4.69) is 16.6 Å². The topological polar surface area (TPSA) is 105 Å². The highest BCUT2D eigenvalue weighted by atomic mass is 32.2. The largest absolute Gasteiger partial charge is 0.295 e. The molecule has 9 heteroatoms. The van der Waals surface area contributed by atoms with Crippen LogP contribution in [0.25, 0.3) is 21.5 Å². The Balaban J connectivity index is 1.72. The number of benzene rings is 4. The van der Waals surface area contributed by atoms with Gasteiger partial charge in [-0.15, -0.1) is 0 Å². The molecule has 0 saturated carbocycles. The average Bonchev–Trinajstić information content (AvgIpc) is 2.84. The lowest BCUT2D eigenvalue weighted by molar-refractivity contribution is -0.384. The van der Waals surface area contributed by atoms with Crippen molar-refractivity contribution in [3.63, 3.8) is 0 Å². The molecule has 0 aliphatic heterocycles. The minimum atomic E-state index is -3.82. The Bertz CT molecular complexity index is 1460. The number of nitro benzene ring substituents is 1. The van der Waals surface area contributed by atoms with E-state index >= 15 is 0 Å². The van der Waals surface area contributed by atoms with Gasteiger partial charge in [-0.05, 0) is 39.7 Å². The first kappa shape index (κ1) is 23.3. The molecule has 174 valence electrons. The van der Waals surface area contributed by atoms with Crippen LogP contribution in [0.15, 0.2) is 82.8 Å². The van der Waals surface area contributed by atoms with E-state index in [1.807, 2.05) is 48.5 Å². The van der Waals surface area contributed by atoms with Crippen molar-refractivity contribution >= 4 is 49.2 Å². The summed E-state index contributed by atoms with van der Waals surface area (Å²) in [6, 6.07) is 21.8. The normalized spacial score (nSPS) is 12.1. The maximum atomic E-state index is 12.8. The Morgan fingerprint density at radius 2 is 1.53 bits per heavy atom. The van der Waals surface area contributed by atoms with Crippen LogP contribution in [0.4, 0.5) is 11.4 Å². The van der Waals surface area contributed by atoms with Gasteiger partial charge in [0.05, 0.1) is 16.0 Å². The first-order valence-corrected chi connectivity index (χ1v) is 12.3. The average molecular weight is 477 g/mol. The van der Waals surface area contributed by atoms with Gasteiger partial charge < -0.3 is 0 Å². The first-order chi connectivity index (χ1) is 16.4. The number of hydrazone groups is 1. The SMILES string of the molecule is CCN(CC)S(=O)(=O)c1ccc(NN=Cc2c3ccccc3cc3ccccc23)c([N+](=O)[O-])c1. The van der Waals surface area contributed by atoms with Crippen molar-refractivity contribution in [1.29, 1.82) is 0 Å². The summed E-state index contributed by atoms with van der Waals surface area (Å²) in [5, 5.41) is 20.1. The molecule has 0 aliphatic carbocycles. The van der Waals surface area contributed by atoms with E-state index < -0.39 is 14.9 Å². The van der Waals surface area contributed by atoms with Gasteiger partial charge in [-0.1, -0.05) is 62.4 Å². The van der Waals surface area contributed by atoms with Crippen LogP contribution in [-0.4, -0.2) is 37.0 Å². The lowest BCUT2D eigenvalue weighted by Gasteiger charge is -2.18. The Hall–Kier alpha value is -3.82. The smallest absolute Gasteiger partial charge is 0.272 e. The van der Waals surface area contributed by atoms with Crippen molar-refractivity contribution in [2.75, 3.05) is 18.5 Å². The van der Waals surface area contributed by atoms with Gasteiger partial charge in [-0.25, -0.2) is 8.42 Å². The van der Waals surface area contributed by atoms with E-state index in [0.29, 0.717) is 0 Å². The van der Waals surface area contributed by atoms with Crippen LogP contribution in [0.3, 0.4) is 0 Å². The van der Waals surface area contributed by atoms with Gasteiger partial charge in [-0.2, -0.15) is 9.41 Å². The van der Waals surface area contributed by atoms with Gasteiger partial charge in [0.25, 0.3) is 5.69 Å². The fourth-order valence-corrected chi connectivity index (χ4v) is 5.46. The molecule has 4 aromatic carbocycles. The van der Waals surface area contributed by atoms with Crippen LogP contribution in [-0.2, 0) is 10.0 Å². The van der Waals surface area contributed by atoms with E-state index in [0.717, 1.165) is 33.2 Å². The zero-order valence-corrected chi connectivity index (χ0v) is 19.6. The third-order valence-electron chi connectivity index (χ3n) is 5.70. The van der Waals surface area contributed by atoms with Gasteiger partial charge in [0.15, 0.2) is 0 Å². The fourth-order valence-electron chi connectivity index (χ4n) is 3.98. The van der Waals surface area contributed by atoms with Crippen molar-refractivity contribution in [1.82, 2.24) is 4.31 Å². The molecule has 1 N–H and O–H groups in total. The lowest BCUT2D eigenvalue weighted by atomic mass is 9.97. The maximum Gasteiger partial charge on any atom is 0.295 e. The van der Waals surface area contributed by atoms with Crippen LogP contribution in [0.1, 0.15) is 19.4 Å². The number of hydrogen-bond donors (Lipinski definition) is 1. The number of sulfonamides is 1. The second-order valence-corrected chi connectivity index (χ2v) is 9.57. The molecule has 0 radical (unpaired) electrons. The summed E-state index contributed by atoms with van der Waals surface area (Å²) >= 11 is 0. The Morgan fingerprint density at radius 3 is 2.09 bits per heavy atom. The summed E-state index contributed by atoms with van der Waals surface area (Å²) in [5.41, 5.74) is 3.34. The van der Waals surface area contributed by atoms with Crippen molar-refractivity contribution in [2.24, 2.45) is 5.10 Å². The number of fused-ring (bicyclic) bond motifs is 2. The zero-order valence-electron chi connectivity index (χ0n) is 18.8. The molecule has 0 spiro atoms. The molecule has 0 aliphatic rings. The zero-order chi connectivity index (χ0) is 24.3. The molecule has 8 nitrogen and oxygen atoms in total. The van der Waals surface area contributed by atoms with E-state index in [4.69, 9.17) is 0 Å². The highest BCUT2D eigenvalue weighted by Gasteiger charge is 2.25. The summed E-state index contributed by atoms with van der Waals surface area (Å²) in [6.07, 6.45) is 1.63. The summed E-state index contributed by atoms with van der Waals surface area (Å²) in [6.45, 7) is 3.99.